The lowest BCUT2D eigenvalue weighted by molar-refractivity contribution is 0.806. The summed E-state index contributed by atoms with van der Waals surface area (Å²) in [5.74, 6) is 0.494. The van der Waals surface area contributed by atoms with E-state index in [2.05, 4.69) is 13.5 Å². The smallest absolute Gasteiger partial charge is 0.0925 e. The SMILES string of the molecule is C=CCCC(CCC)=C(N)N.N. The van der Waals surface area contributed by atoms with E-state index in [1.165, 1.54) is 5.57 Å². The fraction of sp³-hybridized carbons (Fsp3) is 0.556. The zero-order chi connectivity index (χ0) is 8.69. The zero-order valence-electron chi connectivity index (χ0n) is 7.97. The monoisotopic (exact) mass is 171 g/mol. The molecule has 0 aromatic heterocycles. The van der Waals surface area contributed by atoms with Gasteiger partial charge >= 0.3 is 0 Å². The molecule has 0 saturated heterocycles. The van der Waals surface area contributed by atoms with Gasteiger partial charge in [0.2, 0.25) is 0 Å². The maximum Gasteiger partial charge on any atom is 0.0925 e. The summed E-state index contributed by atoms with van der Waals surface area (Å²) in [7, 11) is 0. The van der Waals surface area contributed by atoms with Crippen molar-refractivity contribution in [3.8, 4) is 0 Å². The van der Waals surface area contributed by atoms with Gasteiger partial charge in [-0.05, 0) is 24.8 Å². The molecule has 0 unspecified atom stereocenters. The highest BCUT2D eigenvalue weighted by atomic mass is 14.8. The average molecular weight is 171 g/mol. The normalized spacial score (nSPS) is 8.42. The highest BCUT2D eigenvalue weighted by molar-refractivity contribution is 5.08. The van der Waals surface area contributed by atoms with Crippen LogP contribution in [0.25, 0.3) is 0 Å². The number of hydrogen-bond donors (Lipinski definition) is 3. The lowest BCUT2D eigenvalue weighted by atomic mass is 10.1. The lowest BCUT2D eigenvalue weighted by Crippen LogP contribution is -2.12. The van der Waals surface area contributed by atoms with E-state index in [0.29, 0.717) is 5.82 Å². The summed E-state index contributed by atoms with van der Waals surface area (Å²) in [6.07, 6.45) is 5.92. The van der Waals surface area contributed by atoms with Crippen molar-refractivity contribution in [3.05, 3.63) is 24.0 Å². The average Bonchev–Trinajstić information content (AvgIpc) is 1.97. The molecule has 0 fully saturated rings. The van der Waals surface area contributed by atoms with Crippen LogP contribution >= 0.6 is 0 Å². The first-order valence-electron chi connectivity index (χ1n) is 4.06. The minimum absolute atomic E-state index is 0. The first-order chi connectivity index (χ1) is 5.22. The Morgan fingerprint density at radius 3 is 2.25 bits per heavy atom. The molecule has 3 nitrogen and oxygen atoms in total. The van der Waals surface area contributed by atoms with Crippen LogP contribution in [-0.4, -0.2) is 0 Å². The fourth-order valence-corrected chi connectivity index (χ4v) is 0.992. The van der Waals surface area contributed by atoms with Gasteiger partial charge in [0.05, 0.1) is 5.82 Å². The van der Waals surface area contributed by atoms with Crippen LogP contribution in [0.4, 0.5) is 0 Å². The van der Waals surface area contributed by atoms with Gasteiger partial charge in [-0.2, -0.15) is 0 Å². The summed E-state index contributed by atoms with van der Waals surface area (Å²) in [4.78, 5) is 0. The minimum Gasteiger partial charge on any atom is -0.386 e. The molecule has 0 aromatic rings. The molecule has 0 heterocycles. The predicted molar refractivity (Wildman–Crippen MR) is 54.8 cm³/mol. The molecule has 0 saturated carbocycles. The molecule has 0 amide bonds. The lowest BCUT2D eigenvalue weighted by Gasteiger charge is -2.05. The van der Waals surface area contributed by atoms with Gasteiger partial charge in [0, 0.05) is 0 Å². The van der Waals surface area contributed by atoms with Gasteiger partial charge in [0.25, 0.3) is 0 Å². The third kappa shape index (κ3) is 5.80. The van der Waals surface area contributed by atoms with Gasteiger partial charge in [-0.25, -0.2) is 0 Å². The van der Waals surface area contributed by atoms with Crippen LogP contribution in [0.3, 0.4) is 0 Å². The number of allylic oxidation sites excluding steroid dienone is 2. The first kappa shape index (κ1) is 13.6. The molecule has 0 radical (unpaired) electrons. The van der Waals surface area contributed by atoms with Gasteiger partial charge in [-0.3, -0.25) is 0 Å². The Bertz CT molecular complexity index is 146. The third-order valence-corrected chi connectivity index (χ3v) is 1.61. The maximum absolute atomic E-state index is 5.49. The van der Waals surface area contributed by atoms with Crippen molar-refractivity contribution in [2.24, 2.45) is 11.5 Å². The van der Waals surface area contributed by atoms with Gasteiger partial charge in [-0.15, -0.1) is 6.58 Å². The Morgan fingerprint density at radius 2 is 1.92 bits per heavy atom. The number of nitrogens with two attached hydrogens (primary N) is 2. The molecule has 0 spiro atoms. The van der Waals surface area contributed by atoms with Crippen LogP contribution in [0, 0.1) is 0 Å². The van der Waals surface area contributed by atoms with Crippen molar-refractivity contribution in [1.29, 1.82) is 0 Å². The molecule has 0 aromatic carbocycles. The Hall–Kier alpha value is -0.960. The molecule has 7 N–H and O–H groups in total. The standard InChI is InChI=1S/C9H18N2.H3N/c1-3-5-7-8(6-4-2)9(10)11;/h3H,1,4-7,10-11H2,2H3;1H3. The summed E-state index contributed by atoms with van der Waals surface area (Å²) in [5, 5.41) is 0. The second kappa shape index (κ2) is 8.14. The van der Waals surface area contributed by atoms with Crippen LogP contribution in [-0.2, 0) is 0 Å². The van der Waals surface area contributed by atoms with E-state index in [4.69, 9.17) is 11.5 Å². The molecule has 3 heteroatoms. The molecule has 0 atom stereocenters. The Labute approximate surface area is 75.1 Å². The summed E-state index contributed by atoms with van der Waals surface area (Å²) >= 11 is 0. The van der Waals surface area contributed by atoms with Gasteiger partial charge in [-0.1, -0.05) is 19.4 Å². The summed E-state index contributed by atoms with van der Waals surface area (Å²) in [5.41, 5.74) is 12.1. The molecular weight excluding hydrogens is 150 g/mol. The second-order valence-electron chi connectivity index (χ2n) is 2.64. The van der Waals surface area contributed by atoms with E-state index >= 15 is 0 Å². The molecule has 0 rings (SSSR count). The largest absolute Gasteiger partial charge is 0.386 e. The quantitative estimate of drug-likeness (QED) is 0.553. The summed E-state index contributed by atoms with van der Waals surface area (Å²) in [6.45, 7) is 5.77. The summed E-state index contributed by atoms with van der Waals surface area (Å²) < 4.78 is 0. The number of hydrogen-bond acceptors (Lipinski definition) is 3. The molecular formula is C9H21N3. The maximum atomic E-state index is 5.49. The zero-order valence-corrected chi connectivity index (χ0v) is 7.97. The van der Waals surface area contributed by atoms with Gasteiger partial charge in [0.15, 0.2) is 0 Å². The van der Waals surface area contributed by atoms with Crippen LogP contribution in [0.15, 0.2) is 24.0 Å². The van der Waals surface area contributed by atoms with Crippen LogP contribution in [0.1, 0.15) is 32.6 Å². The second-order valence-corrected chi connectivity index (χ2v) is 2.64. The van der Waals surface area contributed by atoms with Crippen molar-refractivity contribution in [2.75, 3.05) is 0 Å². The molecule has 12 heavy (non-hydrogen) atoms. The molecule has 72 valence electrons. The third-order valence-electron chi connectivity index (χ3n) is 1.61. The van der Waals surface area contributed by atoms with Gasteiger partial charge < -0.3 is 17.6 Å². The topological polar surface area (TPSA) is 87.0 Å². The van der Waals surface area contributed by atoms with Crippen molar-refractivity contribution in [1.82, 2.24) is 6.15 Å². The minimum atomic E-state index is 0. The van der Waals surface area contributed by atoms with Gasteiger partial charge in [0.1, 0.15) is 0 Å². The van der Waals surface area contributed by atoms with Crippen molar-refractivity contribution < 1.29 is 0 Å². The Morgan fingerprint density at radius 1 is 1.33 bits per heavy atom. The molecule has 0 aliphatic carbocycles. The molecule has 0 aliphatic heterocycles. The Balaban J connectivity index is 0. The van der Waals surface area contributed by atoms with E-state index in [0.717, 1.165) is 25.7 Å². The van der Waals surface area contributed by atoms with E-state index < -0.39 is 0 Å². The van der Waals surface area contributed by atoms with E-state index in [-0.39, 0.29) is 6.15 Å². The van der Waals surface area contributed by atoms with E-state index in [1.54, 1.807) is 0 Å². The Kier molecular flexibility index (Phi) is 9.24. The summed E-state index contributed by atoms with van der Waals surface area (Å²) in [6, 6.07) is 0. The van der Waals surface area contributed by atoms with Crippen LogP contribution < -0.4 is 17.6 Å². The number of rotatable bonds is 5. The van der Waals surface area contributed by atoms with Crippen molar-refractivity contribution in [3.63, 3.8) is 0 Å². The predicted octanol–water partition coefficient (Wildman–Crippen LogP) is 2.04. The van der Waals surface area contributed by atoms with E-state index in [1.807, 2.05) is 6.08 Å². The molecule has 0 aliphatic rings. The van der Waals surface area contributed by atoms with Crippen LogP contribution in [0.2, 0.25) is 0 Å². The van der Waals surface area contributed by atoms with Crippen molar-refractivity contribution >= 4 is 0 Å². The first-order valence-corrected chi connectivity index (χ1v) is 4.06. The van der Waals surface area contributed by atoms with Crippen molar-refractivity contribution in [2.45, 2.75) is 32.6 Å². The molecule has 0 bridgehead atoms. The highest BCUT2D eigenvalue weighted by Gasteiger charge is 1.97. The highest BCUT2D eigenvalue weighted by Crippen LogP contribution is 2.12. The van der Waals surface area contributed by atoms with E-state index in [9.17, 15) is 0 Å². The van der Waals surface area contributed by atoms with Crippen LogP contribution in [0.5, 0.6) is 0 Å². The fourth-order valence-electron chi connectivity index (χ4n) is 0.992.